The van der Waals surface area contributed by atoms with Gasteiger partial charge in [-0.3, -0.25) is 4.79 Å². The molecule has 0 heterocycles. The summed E-state index contributed by atoms with van der Waals surface area (Å²) in [4.78, 5) is 12.5. The average molecular weight is 324 g/mol. The van der Waals surface area contributed by atoms with Gasteiger partial charge in [-0.1, -0.05) is 42.6 Å². The van der Waals surface area contributed by atoms with Gasteiger partial charge in [0.15, 0.2) is 0 Å². The van der Waals surface area contributed by atoms with E-state index in [1.54, 1.807) is 0 Å². The minimum Gasteiger partial charge on any atom is -0.326 e. The second-order valence-corrected chi connectivity index (χ2v) is 7.21. The predicted octanol–water partition coefficient (Wildman–Crippen LogP) is 4.91. The molecule has 1 aliphatic carbocycles. The molecule has 1 fully saturated rings. The standard InChI is InChI=1S/C16H22BrNO/c1-11-8-12(17)10-13(9-11)18-15(19)14-6-4-5-7-16(14,2)3/h8-10,14H,4-7H2,1-3H3,(H,18,19). The number of hydrogen-bond acceptors (Lipinski definition) is 1. The van der Waals surface area contributed by atoms with Crippen LogP contribution in [0.3, 0.4) is 0 Å². The Morgan fingerprint density at radius 3 is 2.68 bits per heavy atom. The van der Waals surface area contributed by atoms with Gasteiger partial charge < -0.3 is 5.32 Å². The van der Waals surface area contributed by atoms with Crippen molar-refractivity contribution in [1.29, 1.82) is 0 Å². The van der Waals surface area contributed by atoms with Crippen molar-refractivity contribution in [2.75, 3.05) is 5.32 Å². The van der Waals surface area contributed by atoms with Crippen molar-refractivity contribution in [3.63, 3.8) is 0 Å². The molecular weight excluding hydrogens is 302 g/mol. The van der Waals surface area contributed by atoms with E-state index < -0.39 is 0 Å². The number of benzene rings is 1. The summed E-state index contributed by atoms with van der Waals surface area (Å²) in [6, 6.07) is 6.01. The van der Waals surface area contributed by atoms with Crippen LogP contribution in [0.25, 0.3) is 0 Å². The summed E-state index contributed by atoms with van der Waals surface area (Å²) in [6.45, 7) is 6.45. The van der Waals surface area contributed by atoms with Crippen molar-refractivity contribution in [3.8, 4) is 0 Å². The smallest absolute Gasteiger partial charge is 0.228 e. The highest BCUT2D eigenvalue weighted by Crippen LogP contribution is 2.41. The van der Waals surface area contributed by atoms with Crippen molar-refractivity contribution in [2.24, 2.45) is 11.3 Å². The summed E-state index contributed by atoms with van der Waals surface area (Å²) in [7, 11) is 0. The van der Waals surface area contributed by atoms with Crippen LogP contribution in [0.15, 0.2) is 22.7 Å². The zero-order chi connectivity index (χ0) is 14.0. The highest BCUT2D eigenvalue weighted by Gasteiger charge is 2.37. The summed E-state index contributed by atoms with van der Waals surface area (Å²) in [5.74, 6) is 0.294. The summed E-state index contributed by atoms with van der Waals surface area (Å²) in [5.41, 5.74) is 2.15. The van der Waals surface area contributed by atoms with E-state index in [4.69, 9.17) is 0 Å². The molecule has 1 aromatic rings. The Morgan fingerprint density at radius 2 is 2.05 bits per heavy atom. The first-order chi connectivity index (χ1) is 8.88. The quantitative estimate of drug-likeness (QED) is 0.822. The molecule has 0 aromatic heterocycles. The van der Waals surface area contributed by atoms with Gasteiger partial charge >= 0.3 is 0 Å². The number of carbonyl (C=O) groups is 1. The largest absolute Gasteiger partial charge is 0.326 e. The van der Waals surface area contributed by atoms with Crippen LogP contribution in [0.4, 0.5) is 5.69 Å². The fourth-order valence-electron chi connectivity index (χ4n) is 3.02. The molecule has 1 N–H and O–H groups in total. The molecule has 2 rings (SSSR count). The van der Waals surface area contributed by atoms with Gasteiger partial charge in [0.2, 0.25) is 5.91 Å². The molecule has 1 aliphatic rings. The van der Waals surface area contributed by atoms with Gasteiger partial charge in [-0.15, -0.1) is 0 Å². The van der Waals surface area contributed by atoms with E-state index in [0.29, 0.717) is 0 Å². The van der Waals surface area contributed by atoms with E-state index >= 15 is 0 Å². The van der Waals surface area contributed by atoms with Crippen LogP contribution < -0.4 is 5.32 Å². The van der Waals surface area contributed by atoms with E-state index in [1.165, 1.54) is 12.8 Å². The number of carbonyl (C=O) groups excluding carboxylic acids is 1. The molecule has 104 valence electrons. The normalized spacial score (nSPS) is 22.0. The first kappa shape index (κ1) is 14.6. The molecule has 0 aliphatic heterocycles. The lowest BCUT2D eigenvalue weighted by Gasteiger charge is -2.37. The van der Waals surface area contributed by atoms with E-state index in [-0.39, 0.29) is 17.2 Å². The Balaban J connectivity index is 2.12. The molecule has 1 atom stereocenters. The molecular formula is C16H22BrNO. The van der Waals surface area contributed by atoms with Crippen LogP contribution in [0.1, 0.15) is 45.1 Å². The lowest BCUT2D eigenvalue weighted by molar-refractivity contribution is -0.124. The molecule has 1 unspecified atom stereocenters. The number of aryl methyl sites for hydroxylation is 1. The lowest BCUT2D eigenvalue weighted by Crippen LogP contribution is -2.37. The molecule has 1 amide bonds. The first-order valence-electron chi connectivity index (χ1n) is 6.96. The van der Waals surface area contributed by atoms with Crippen LogP contribution in [-0.2, 0) is 4.79 Å². The van der Waals surface area contributed by atoms with Crippen LogP contribution in [0, 0.1) is 18.3 Å². The second-order valence-electron chi connectivity index (χ2n) is 6.29. The SMILES string of the molecule is Cc1cc(Br)cc(NC(=O)C2CCCCC2(C)C)c1. The van der Waals surface area contributed by atoms with Crippen LogP contribution in [-0.4, -0.2) is 5.91 Å². The molecule has 0 saturated heterocycles. The van der Waals surface area contributed by atoms with Gasteiger partial charge in [0.1, 0.15) is 0 Å². The fourth-order valence-corrected chi connectivity index (χ4v) is 3.63. The molecule has 0 bridgehead atoms. The maximum atomic E-state index is 12.5. The van der Waals surface area contributed by atoms with E-state index in [9.17, 15) is 4.79 Å². The van der Waals surface area contributed by atoms with Gasteiger partial charge in [-0.25, -0.2) is 0 Å². The Kier molecular flexibility index (Phi) is 4.34. The van der Waals surface area contributed by atoms with E-state index in [0.717, 1.165) is 28.6 Å². The number of halogens is 1. The third-order valence-corrected chi connectivity index (χ3v) is 4.59. The molecule has 0 radical (unpaired) electrons. The first-order valence-corrected chi connectivity index (χ1v) is 7.76. The summed E-state index contributed by atoms with van der Waals surface area (Å²) < 4.78 is 1.01. The minimum atomic E-state index is 0.114. The number of hydrogen-bond donors (Lipinski definition) is 1. The third-order valence-electron chi connectivity index (χ3n) is 4.13. The van der Waals surface area contributed by atoms with Gasteiger partial charge in [-0.2, -0.15) is 0 Å². The highest BCUT2D eigenvalue weighted by atomic mass is 79.9. The van der Waals surface area contributed by atoms with Crippen molar-refractivity contribution in [2.45, 2.75) is 46.5 Å². The maximum Gasteiger partial charge on any atom is 0.228 e. The van der Waals surface area contributed by atoms with E-state index in [2.05, 4.69) is 35.1 Å². The predicted molar refractivity (Wildman–Crippen MR) is 83.2 cm³/mol. The highest BCUT2D eigenvalue weighted by molar-refractivity contribution is 9.10. The number of amides is 1. The van der Waals surface area contributed by atoms with Crippen molar-refractivity contribution in [3.05, 3.63) is 28.2 Å². The third kappa shape index (κ3) is 3.59. The topological polar surface area (TPSA) is 29.1 Å². The Bertz CT molecular complexity index is 461. The van der Waals surface area contributed by atoms with Crippen LogP contribution >= 0.6 is 15.9 Å². The van der Waals surface area contributed by atoms with Crippen molar-refractivity contribution < 1.29 is 4.79 Å². The summed E-state index contributed by atoms with van der Waals surface area (Å²) >= 11 is 3.47. The lowest BCUT2D eigenvalue weighted by atomic mass is 9.68. The number of nitrogens with one attached hydrogen (secondary N) is 1. The fraction of sp³-hybridized carbons (Fsp3) is 0.562. The van der Waals surface area contributed by atoms with Crippen LogP contribution in [0.2, 0.25) is 0 Å². The van der Waals surface area contributed by atoms with Gasteiger partial charge in [0.25, 0.3) is 0 Å². The second kappa shape index (κ2) is 5.66. The zero-order valence-corrected chi connectivity index (χ0v) is 13.5. The maximum absolute atomic E-state index is 12.5. The van der Waals surface area contributed by atoms with Crippen LogP contribution in [0.5, 0.6) is 0 Å². The van der Waals surface area contributed by atoms with E-state index in [1.807, 2.05) is 25.1 Å². The van der Waals surface area contributed by atoms with Gasteiger partial charge in [0, 0.05) is 16.1 Å². The molecule has 19 heavy (non-hydrogen) atoms. The summed E-state index contributed by atoms with van der Waals surface area (Å²) in [6.07, 6.45) is 4.56. The molecule has 1 aromatic carbocycles. The molecule has 3 heteroatoms. The average Bonchev–Trinajstić information content (AvgIpc) is 2.26. The summed E-state index contributed by atoms with van der Waals surface area (Å²) in [5, 5.41) is 3.08. The van der Waals surface area contributed by atoms with Gasteiger partial charge in [0.05, 0.1) is 0 Å². The Hall–Kier alpha value is -0.830. The van der Waals surface area contributed by atoms with Crippen molar-refractivity contribution >= 4 is 27.5 Å². The minimum absolute atomic E-state index is 0.114. The molecule has 2 nitrogen and oxygen atoms in total. The van der Waals surface area contributed by atoms with Crippen molar-refractivity contribution in [1.82, 2.24) is 0 Å². The molecule has 1 saturated carbocycles. The Morgan fingerprint density at radius 1 is 1.32 bits per heavy atom. The number of rotatable bonds is 2. The van der Waals surface area contributed by atoms with Gasteiger partial charge in [-0.05, 0) is 48.9 Å². The zero-order valence-electron chi connectivity index (χ0n) is 11.9. The number of anilines is 1. The Labute approximate surface area is 124 Å². The molecule has 0 spiro atoms. The monoisotopic (exact) mass is 323 g/mol.